The van der Waals surface area contributed by atoms with E-state index in [9.17, 15) is 14.4 Å². The number of hydrogen-bond donors (Lipinski definition) is 2. The molecule has 3 aromatic rings. The zero-order valence-corrected chi connectivity index (χ0v) is 18.9. The monoisotopic (exact) mass is 441 g/mol. The van der Waals surface area contributed by atoms with E-state index in [1.54, 1.807) is 49.5 Å². The van der Waals surface area contributed by atoms with Gasteiger partial charge in [-0.15, -0.1) is 0 Å². The molecule has 0 spiro atoms. The molecule has 0 radical (unpaired) electrons. The van der Waals surface area contributed by atoms with Crippen molar-refractivity contribution in [1.82, 2.24) is 0 Å². The fourth-order valence-corrected chi connectivity index (χ4v) is 5.16. The lowest BCUT2D eigenvalue weighted by Gasteiger charge is -2.40. The smallest absolute Gasteiger partial charge is 0.239 e. The number of para-hydroxylation sites is 1. The number of amides is 3. The van der Waals surface area contributed by atoms with Crippen molar-refractivity contribution in [2.24, 2.45) is 11.5 Å². The van der Waals surface area contributed by atoms with Gasteiger partial charge in [0.25, 0.3) is 0 Å². The van der Waals surface area contributed by atoms with Crippen LogP contribution in [0.2, 0.25) is 0 Å². The predicted octanol–water partition coefficient (Wildman–Crippen LogP) is 3.06. The molecule has 0 aliphatic carbocycles. The number of hydrogen-bond acceptors (Lipinski definition) is 3. The van der Waals surface area contributed by atoms with Crippen LogP contribution in [-0.2, 0) is 19.8 Å². The zero-order valence-electron chi connectivity index (χ0n) is 18.9. The van der Waals surface area contributed by atoms with Crippen molar-refractivity contribution in [2.45, 2.75) is 31.1 Å². The molecule has 6 nitrogen and oxygen atoms in total. The van der Waals surface area contributed by atoms with Crippen molar-refractivity contribution < 1.29 is 14.4 Å². The Kier molecular flexibility index (Phi) is 5.54. The maximum absolute atomic E-state index is 14.2. The summed E-state index contributed by atoms with van der Waals surface area (Å²) in [6.45, 7) is 3.86. The Balaban J connectivity index is 2.12. The first-order valence-corrected chi connectivity index (χ1v) is 10.8. The van der Waals surface area contributed by atoms with Crippen LogP contribution >= 0.6 is 0 Å². The van der Waals surface area contributed by atoms with Crippen LogP contribution in [0.25, 0.3) is 0 Å². The minimum Gasteiger partial charge on any atom is -0.369 e. The zero-order chi connectivity index (χ0) is 23.9. The molecule has 0 saturated heterocycles. The number of fused-ring (bicyclic) bond motifs is 1. The summed E-state index contributed by atoms with van der Waals surface area (Å²) in [6.07, 6.45) is 0. The minimum atomic E-state index is -1.63. The molecule has 0 fully saturated rings. The Morgan fingerprint density at radius 3 is 1.61 bits per heavy atom. The third-order valence-corrected chi connectivity index (χ3v) is 6.67. The lowest BCUT2D eigenvalue weighted by Crippen LogP contribution is -2.55. The highest BCUT2D eigenvalue weighted by molar-refractivity contribution is 6.15. The molecule has 6 heteroatoms. The second-order valence-electron chi connectivity index (χ2n) is 8.74. The van der Waals surface area contributed by atoms with Gasteiger partial charge in [0, 0.05) is 12.7 Å². The fraction of sp³-hybridized carbons (Fsp3) is 0.222. The van der Waals surface area contributed by atoms with E-state index in [2.05, 4.69) is 0 Å². The summed E-state index contributed by atoms with van der Waals surface area (Å²) in [5.41, 5.74) is 14.7. The summed E-state index contributed by atoms with van der Waals surface area (Å²) in [5.74, 6) is -4.02. The van der Waals surface area contributed by atoms with E-state index in [0.29, 0.717) is 22.4 Å². The predicted molar refractivity (Wildman–Crippen MR) is 128 cm³/mol. The molecule has 1 aliphatic heterocycles. The molecule has 3 aromatic carbocycles. The molecule has 2 atom stereocenters. The fourth-order valence-electron chi connectivity index (χ4n) is 5.16. The first-order valence-electron chi connectivity index (χ1n) is 10.8. The first kappa shape index (κ1) is 22.3. The normalized spacial score (nSPS) is 19.1. The number of carbonyl (C=O) groups is 3. The van der Waals surface area contributed by atoms with E-state index in [1.165, 1.54) is 4.90 Å². The van der Waals surface area contributed by atoms with Crippen molar-refractivity contribution in [1.29, 1.82) is 0 Å². The van der Waals surface area contributed by atoms with Crippen LogP contribution < -0.4 is 16.4 Å². The molecule has 4 rings (SSSR count). The third kappa shape index (κ3) is 3.39. The molecule has 4 N–H and O–H groups in total. The van der Waals surface area contributed by atoms with Gasteiger partial charge in [-0.05, 0) is 36.6 Å². The molecule has 2 unspecified atom stereocenters. The maximum Gasteiger partial charge on any atom is 0.239 e. The Morgan fingerprint density at radius 2 is 1.18 bits per heavy atom. The quantitative estimate of drug-likeness (QED) is 0.614. The molecular formula is C27H27N3O3. The van der Waals surface area contributed by atoms with Crippen LogP contribution in [0, 0.1) is 13.8 Å². The van der Waals surface area contributed by atoms with Gasteiger partial charge in [0.05, 0.1) is 11.8 Å². The second-order valence-corrected chi connectivity index (χ2v) is 8.74. The van der Waals surface area contributed by atoms with Gasteiger partial charge >= 0.3 is 0 Å². The van der Waals surface area contributed by atoms with Crippen molar-refractivity contribution in [3.05, 3.63) is 101 Å². The summed E-state index contributed by atoms with van der Waals surface area (Å²) in [4.78, 5) is 42.0. The van der Waals surface area contributed by atoms with Crippen molar-refractivity contribution >= 4 is 23.4 Å². The summed E-state index contributed by atoms with van der Waals surface area (Å²) >= 11 is 0. The third-order valence-electron chi connectivity index (χ3n) is 6.67. The van der Waals surface area contributed by atoms with E-state index in [1.807, 2.05) is 44.2 Å². The molecule has 1 aliphatic rings. The molecule has 33 heavy (non-hydrogen) atoms. The average Bonchev–Trinajstić information content (AvgIpc) is 2.99. The molecular weight excluding hydrogens is 414 g/mol. The number of aryl methyl sites for hydroxylation is 2. The number of benzene rings is 3. The molecule has 0 saturated carbocycles. The first-order chi connectivity index (χ1) is 15.7. The number of anilines is 1. The van der Waals surface area contributed by atoms with Gasteiger partial charge in [-0.25, -0.2) is 0 Å². The number of carbonyl (C=O) groups excluding carboxylic acids is 3. The molecule has 0 aromatic heterocycles. The highest BCUT2D eigenvalue weighted by Gasteiger charge is 2.63. The van der Waals surface area contributed by atoms with Crippen LogP contribution in [-0.4, -0.2) is 24.8 Å². The molecule has 168 valence electrons. The van der Waals surface area contributed by atoms with Gasteiger partial charge < -0.3 is 16.4 Å². The van der Waals surface area contributed by atoms with Gasteiger partial charge in [-0.1, -0.05) is 77.9 Å². The SMILES string of the molecule is Cc1ccc(C(C(N)=O)C2(C(C(N)=O)c3ccc(C)cc3)C(=O)N(C)c3ccccc32)cc1. The summed E-state index contributed by atoms with van der Waals surface area (Å²) in [6, 6.07) is 21.8. The Hall–Kier alpha value is -3.93. The standard InChI is InChI=1S/C27H27N3O3/c1-16-8-12-18(13-9-16)22(24(28)31)27(20-6-4-5-7-21(20)30(3)26(27)33)23(25(29)32)19-14-10-17(2)11-15-19/h4-15,22-23H,1-3H3,(H2,28,31)(H2,29,32). The van der Waals surface area contributed by atoms with Gasteiger partial charge in [-0.2, -0.15) is 0 Å². The van der Waals surface area contributed by atoms with Crippen LogP contribution in [0.5, 0.6) is 0 Å². The average molecular weight is 442 g/mol. The lowest BCUT2D eigenvalue weighted by atomic mass is 9.58. The molecule has 0 bridgehead atoms. The van der Waals surface area contributed by atoms with Crippen LogP contribution in [0.4, 0.5) is 5.69 Å². The largest absolute Gasteiger partial charge is 0.369 e. The number of nitrogens with two attached hydrogens (primary N) is 2. The van der Waals surface area contributed by atoms with E-state index >= 15 is 0 Å². The van der Waals surface area contributed by atoms with Gasteiger partial charge in [-0.3, -0.25) is 14.4 Å². The van der Waals surface area contributed by atoms with E-state index in [4.69, 9.17) is 11.5 Å². The van der Waals surface area contributed by atoms with Crippen LogP contribution in [0.15, 0.2) is 72.8 Å². The summed E-state index contributed by atoms with van der Waals surface area (Å²) in [7, 11) is 1.64. The Bertz CT molecular complexity index is 1170. The second kappa shape index (κ2) is 8.20. The number of primary amides is 2. The Morgan fingerprint density at radius 1 is 0.758 bits per heavy atom. The number of rotatable bonds is 6. The summed E-state index contributed by atoms with van der Waals surface area (Å²) in [5, 5.41) is 0. The van der Waals surface area contributed by atoms with Gasteiger partial charge in [0.2, 0.25) is 17.7 Å². The number of likely N-dealkylation sites (N-methyl/N-ethyl adjacent to an activating group) is 1. The van der Waals surface area contributed by atoms with Crippen molar-refractivity contribution in [2.75, 3.05) is 11.9 Å². The van der Waals surface area contributed by atoms with E-state index < -0.39 is 35.0 Å². The number of nitrogens with zero attached hydrogens (tertiary/aromatic N) is 1. The van der Waals surface area contributed by atoms with E-state index in [0.717, 1.165) is 11.1 Å². The minimum absolute atomic E-state index is 0.391. The van der Waals surface area contributed by atoms with Gasteiger partial charge in [0.1, 0.15) is 5.41 Å². The lowest BCUT2D eigenvalue weighted by molar-refractivity contribution is -0.134. The van der Waals surface area contributed by atoms with E-state index in [-0.39, 0.29) is 0 Å². The van der Waals surface area contributed by atoms with Gasteiger partial charge in [0.15, 0.2) is 0 Å². The van der Waals surface area contributed by atoms with Crippen LogP contribution in [0.3, 0.4) is 0 Å². The highest BCUT2D eigenvalue weighted by atomic mass is 16.2. The highest BCUT2D eigenvalue weighted by Crippen LogP contribution is 2.56. The van der Waals surface area contributed by atoms with Crippen molar-refractivity contribution in [3.8, 4) is 0 Å². The van der Waals surface area contributed by atoms with Crippen molar-refractivity contribution in [3.63, 3.8) is 0 Å². The maximum atomic E-state index is 14.2. The van der Waals surface area contributed by atoms with Crippen LogP contribution in [0.1, 0.15) is 39.7 Å². The Labute approximate surface area is 193 Å². The molecule has 1 heterocycles. The summed E-state index contributed by atoms with van der Waals surface area (Å²) < 4.78 is 0. The molecule has 3 amide bonds. The topological polar surface area (TPSA) is 106 Å².